The van der Waals surface area contributed by atoms with Crippen molar-refractivity contribution in [1.29, 1.82) is 0 Å². The summed E-state index contributed by atoms with van der Waals surface area (Å²) in [6, 6.07) is 4.34. The topological polar surface area (TPSA) is 74.6 Å². The normalized spacial score (nSPS) is 12.6. The summed E-state index contributed by atoms with van der Waals surface area (Å²) in [7, 11) is -4.89. The van der Waals surface area contributed by atoms with Gasteiger partial charge in [0.25, 0.3) is 0 Å². The van der Waals surface area contributed by atoms with Crippen LogP contribution in [0, 0.1) is 0 Å². The fourth-order valence-corrected chi connectivity index (χ4v) is 2.29. The zero-order valence-corrected chi connectivity index (χ0v) is 11.2. The Morgan fingerprint density at radius 2 is 1.71 bits per heavy atom. The molecule has 0 fully saturated rings. The Hall–Kier alpha value is -0.845. The molecular formula is C11H17BO4S. The highest BCUT2D eigenvalue weighted by Gasteiger charge is 2.25. The Bertz CT molecular complexity index is 515. The molecule has 94 valence electrons. The molecule has 0 amide bonds. The first-order valence-corrected chi connectivity index (χ1v) is 7.13. The van der Waals surface area contributed by atoms with Crippen molar-refractivity contribution in [2.24, 2.45) is 0 Å². The van der Waals surface area contributed by atoms with Crippen LogP contribution in [0.25, 0.3) is 0 Å². The quantitative estimate of drug-likeness (QED) is 0.734. The van der Waals surface area contributed by atoms with Crippen molar-refractivity contribution in [2.75, 3.05) is 6.26 Å². The minimum absolute atomic E-state index is 0.187. The maximum Gasteiger partial charge on any atom is 0.488 e. The van der Waals surface area contributed by atoms with Gasteiger partial charge in [-0.15, -0.1) is 0 Å². The van der Waals surface area contributed by atoms with Crippen LogP contribution in [-0.4, -0.2) is 31.8 Å². The summed E-state index contributed by atoms with van der Waals surface area (Å²) in [5.41, 5.74) is 0.597. The Labute approximate surface area is 102 Å². The van der Waals surface area contributed by atoms with E-state index in [1.54, 1.807) is 0 Å². The minimum atomic E-state index is -3.29. The van der Waals surface area contributed by atoms with Crippen molar-refractivity contribution >= 4 is 22.4 Å². The molecule has 4 nitrogen and oxygen atoms in total. The maximum absolute atomic E-state index is 11.5. The van der Waals surface area contributed by atoms with Gasteiger partial charge in [0.15, 0.2) is 9.84 Å². The highest BCUT2D eigenvalue weighted by Crippen LogP contribution is 2.23. The van der Waals surface area contributed by atoms with Gasteiger partial charge >= 0.3 is 7.12 Å². The molecule has 17 heavy (non-hydrogen) atoms. The summed E-state index contributed by atoms with van der Waals surface area (Å²) in [5.74, 6) is 0. The summed E-state index contributed by atoms with van der Waals surface area (Å²) in [6.07, 6.45) is 1.13. The largest absolute Gasteiger partial charge is 0.488 e. The lowest BCUT2D eigenvalue weighted by atomic mass is 9.70. The number of hydrogen-bond donors (Lipinski definition) is 2. The van der Waals surface area contributed by atoms with Crippen molar-refractivity contribution in [2.45, 2.75) is 31.1 Å². The van der Waals surface area contributed by atoms with Crippen LogP contribution in [0.1, 0.15) is 26.3 Å². The van der Waals surface area contributed by atoms with E-state index in [2.05, 4.69) is 0 Å². The van der Waals surface area contributed by atoms with Gasteiger partial charge in [-0.05, 0) is 28.6 Å². The third-order valence-electron chi connectivity index (χ3n) is 2.54. The van der Waals surface area contributed by atoms with Crippen LogP contribution >= 0.6 is 0 Å². The molecule has 0 unspecified atom stereocenters. The second kappa shape index (κ2) is 4.44. The SMILES string of the molecule is CC(C)(C)c1cc(S(C)(=O)=O)ccc1B(O)O. The number of hydrogen-bond acceptors (Lipinski definition) is 4. The summed E-state index contributed by atoms with van der Waals surface area (Å²) >= 11 is 0. The van der Waals surface area contributed by atoms with Gasteiger partial charge in [-0.25, -0.2) is 8.42 Å². The van der Waals surface area contributed by atoms with Crippen molar-refractivity contribution in [3.63, 3.8) is 0 Å². The molecule has 6 heteroatoms. The van der Waals surface area contributed by atoms with E-state index in [1.807, 2.05) is 20.8 Å². The third kappa shape index (κ3) is 3.31. The first-order chi connectivity index (χ1) is 7.53. The Morgan fingerprint density at radius 3 is 2.06 bits per heavy atom. The van der Waals surface area contributed by atoms with Gasteiger partial charge in [0, 0.05) is 6.26 Å². The lowest BCUT2D eigenvalue weighted by Gasteiger charge is -2.23. The van der Waals surface area contributed by atoms with Gasteiger partial charge in [0.2, 0.25) is 0 Å². The molecule has 0 spiro atoms. The summed E-state index contributed by atoms with van der Waals surface area (Å²) in [4.78, 5) is 0.187. The molecule has 1 rings (SSSR count). The second-order valence-electron chi connectivity index (χ2n) is 5.14. The van der Waals surface area contributed by atoms with E-state index < -0.39 is 17.0 Å². The summed E-state index contributed by atoms with van der Waals surface area (Å²) < 4.78 is 22.9. The predicted octanol–water partition coefficient (Wildman–Crippen LogP) is 0.0674. The van der Waals surface area contributed by atoms with E-state index in [9.17, 15) is 18.5 Å². The molecule has 1 aromatic carbocycles. The number of benzene rings is 1. The number of rotatable bonds is 2. The highest BCUT2D eigenvalue weighted by atomic mass is 32.2. The first kappa shape index (κ1) is 14.2. The van der Waals surface area contributed by atoms with Gasteiger partial charge in [0.1, 0.15) is 0 Å². The van der Waals surface area contributed by atoms with Crippen LogP contribution in [0.15, 0.2) is 23.1 Å². The van der Waals surface area contributed by atoms with Crippen LogP contribution < -0.4 is 5.46 Å². The molecule has 0 aliphatic rings. The molecule has 1 aromatic rings. The Morgan fingerprint density at radius 1 is 1.18 bits per heavy atom. The van der Waals surface area contributed by atoms with Crippen molar-refractivity contribution in [3.05, 3.63) is 23.8 Å². The van der Waals surface area contributed by atoms with E-state index >= 15 is 0 Å². The smallest absolute Gasteiger partial charge is 0.423 e. The van der Waals surface area contributed by atoms with E-state index in [-0.39, 0.29) is 10.3 Å². The van der Waals surface area contributed by atoms with E-state index in [0.717, 1.165) is 6.26 Å². The predicted molar refractivity (Wildman–Crippen MR) is 68.1 cm³/mol. The third-order valence-corrected chi connectivity index (χ3v) is 3.65. The van der Waals surface area contributed by atoms with Crippen molar-refractivity contribution < 1.29 is 18.5 Å². The van der Waals surface area contributed by atoms with Crippen molar-refractivity contribution in [3.8, 4) is 0 Å². The summed E-state index contributed by atoms with van der Waals surface area (Å²) in [6.45, 7) is 5.67. The molecule has 2 N–H and O–H groups in total. The molecule has 0 radical (unpaired) electrons. The molecule has 0 saturated carbocycles. The fraction of sp³-hybridized carbons (Fsp3) is 0.455. The standard InChI is InChI=1S/C11H17BO4S/c1-11(2,3)9-7-8(17(4,15)16)5-6-10(9)12(13)14/h5-7,13-14H,1-4H3. The Balaban J connectivity index is 3.51. The molecule has 0 bridgehead atoms. The van der Waals surface area contributed by atoms with Crippen LogP contribution in [0.2, 0.25) is 0 Å². The van der Waals surface area contributed by atoms with Crippen molar-refractivity contribution in [1.82, 2.24) is 0 Å². The van der Waals surface area contributed by atoms with Gasteiger partial charge in [-0.1, -0.05) is 26.8 Å². The van der Waals surface area contributed by atoms with Crippen LogP contribution in [0.5, 0.6) is 0 Å². The lowest BCUT2D eigenvalue weighted by molar-refractivity contribution is 0.424. The van der Waals surface area contributed by atoms with Gasteiger partial charge in [-0.3, -0.25) is 0 Å². The van der Waals surface area contributed by atoms with Gasteiger partial charge in [-0.2, -0.15) is 0 Å². The monoisotopic (exact) mass is 256 g/mol. The second-order valence-corrected chi connectivity index (χ2v) is 7.16. The van der Waals surface area contributed by atoms with E-state index in [0.29, 0.717) is 11.0 Å². The van der Waals surface area contributed by atoms with Crippen LogP contribution in [-0.2, 0) is 15.3 Å². The Kier molecular flexibility index (Phi) is 3.71. The summed E-state index contributed by atoms with van der Waals surface area (Å²) in [5, 5.41) is 18.5. The average Bonchev–Trinajstić information content (AvgIpc) is 2.14. The fourth-order valence-electron chi connectivity index (χ4n) is 1.64. The zero-order valence-electron chi connectivity index (χ0n) is 10.4. The molecule has 0 saturated heterocycles. The van der Waals surface area contributed by atoms with Crippen LogP contribution in [0.4, 0.5) is 0 Å². The van der Waals surface area contributed by atoms with Gasteiger partial charge in [0.05, 0.1) is 4.90 Å². The van der Waals surface area contributed by atoms with E-state index in [1.165, 1.54) is 18.2 Å². The first-order valence-electron chi connectivity index (χ1n) is 5.24. The number of sulfone groups is 1. The molecule has 0 aliphatic carbocycles. The molecule has 0 atom stereocenters. The molecule has 0 aliphatic heterocycles. The molecule has 0 aromatic heterocycles. The lowest BCUT2D eigenvalue weighted by Crippen LogP contribution is -2.37. The maximum atomic E-state index is 11.5. The highest BCUT2D eigenvalue weighted by molar-refractivity contribution is 7.90. The molecule has 0 heterocycles. The minimum Gasteiger partial charge on any atom is -0.423 e. The molecular weight excluding hydrogens is 239 g/mol. The average molecular weight is 256 g/mol. The van der Waals surface area contributed by atoms with Crippen LogP contribution in [0.3, 0.4) is 0 Å². The van der Waals surface area contributed by atoms with Gasteiger partial charge < -0.3 is 10.0 Å². The van der Waals surface area contributed by atoms with E-state index in [4.69, 9.17) is 0 Å². The zero-order chi connectivity index (χ0) is 13.4.